The monoisotopic (exact) mass is 1560 g/mol. The molecule has 3 aliphatic carbocycles. The minimum absolute atomic E-state index is 0.0931. The predicted octanol–water partition coefficient (Wildman–Crippen LogP) is 18.6. The molecular weight excluding hydrogens is 1460 g/mol. The van der Waals surface area contributed by atoms with E-state index in [0.717, 1.165) is 144 Å². The number of aliphatic carboxylic acids is 1. The maximum Gasteiger partial charge on any atom is 0.337 e. The highest BCUT2D eigenvalue weighted by Gasteiger charge is 2.49. The highest BCUT2D eigenvalue weighted by molar-refractivity contribution is 6.39. The van der Waals surface area contributed by atoms with Gasteiger partial charge in [0.15, 0.2) is 46.0 Å². The molecule has 1 unspecified atom stereocenters. The molecule has 0 radical (unpaired) electrons. The number of carbonyl (C=O) groups excluding carboxylic acids is 2. The number of nitrogens with zero attached hydrogens (tertiary/aromatic N) is 5. The van der Waals surface area contributed by atoms with E-state index in [1.165, 1.54) is 56.3 Å². The van der Waals surface area contributed by atoms with Gasteiger partial charge in [0.2, 0.25) is 0 Å². The molecule has 4 aliphatic heterocycles. The van der Waals surface area contributed by atoms with Gasteiger partial charge in [-0.15, -0.1) is 0 Å². The lowest BCUT2D eigenvalue weighted by Gasteiger charge is -2.39. The van der Waals surface area contributed by atoms with E-state index in [1.54, 1.807) is 45.6 Å². The minimum Gasteiger partial charge on any atom is -0.493 e. The summed E-state index contributed by atoms with van der Waals surface area (Å²) in [6, 6.07) is 42.4. The van der Waals surface area contributed by atoms with Gasteiger partial charge in [-0.2, -0.15) is 5.26 Å². The topological polar surface area (TPSA) is 241 Å². The van der Waals surface area contributed by atoms with Crippen LogP contribution in [0, 0.1) is 17.2 Å². The Morgan fingerprint density at radius 1 is 0.696 bits per heavy atom. The van der Waals surface area contributed by atoms with Crippen LogP contribution in [0.3, 0.4) is 0 Å². The number of carboxylic acids is 1. The lowest BCUT2D eigenvalue weighted by Crippen LogP contribution is -2.41. The summed E-state index contributed by atoms with van der Waals surface area (Å²) in [7, 11) is 8.48. The first-order valence-electron chi connectivity index (χ1n) is 39.0. The molecule has 6 heterocycles. The number of halogens is 2. The first kappa shape index (κ1) is 81.6. The fraction of sp³-hybridized carbons (Fsp3) is 0.433. The molecule has 7 aliphatic rings. The number of fused-ring (bicyclic) bond motifs is 5. The largest absolute Gasteiger partial charge is 0.493 e. The maximum absolute atomic E-state index is 12.8. The van der Waals surface area contributed by atoms with Crippen molar-refractivity contribution in [3.63, 3.8) is 0 Å². The Morgan fingerprint density at radius 2 is 1.35 bits per heavy atom. The number of carboxylic acid groups (broad SMARTS) is 1. The smallest absolute Gasteiger partial charge is 0.337 e. The van der Waals surface area contributed by atoms with Gasteiger partial charge in [0.1, 0.15) is 11.2 Å². The second-order valence-corrected chi connectivity index (χ2v) is 31.1. The second-order valence-electron chi connectivity index (χ2n) is 30.3. The number of esters is 1. The Balaban J connectivity index is 0.000000139. The summed E-state index contributed by atoms with van der Waals surface area (Å²) in [6.07, 6.45) is 22.2. The third kappa shape index (κ3) is 19.1. The van der Waals surface area contributed by atoms with Gasteiger partial charge in [0, 0.05) is 77.9 Å². The lowest BCUT2D eigenvalue weighted by molar-refractivity contribution is -0.143. The number of aromatic nitrogens is 2. The van der Waals surface area contributed by atoms with E-state index in [0.29, 0.717) is 86.2 Å². The van der Waals surface area contributed by atoms with Gasteiger partial charge >= 0.3 is 11.9 Å². The van der Waals surface area contributed by atoms with E-state index >= 15 is 0 Å². The van der Waals surface area contributed by atoms with Crippen molar-refractivity contribution < 1.29 is 66.9 Å². The van der Waals surface area contributed by atoms with E-state index < -0.39 is 11.4 Å². The Morgan fingerprint density at radius 3 is 1.99 bits per heavy atom. The number of piperidine rings is 1. The summed E-state index contributed by atoms with van der Waals surface area (Å²) >= 11 is 12.2. The van der Waals surface area contributed by atoms with Gasteiger partial charge < -0.3 is 62.7 Å². The number of pyridine rings is 2. The van der Waals surface area contributed by atoms with Crippen molar-refractivity contribution in [2.45, 2.75) is 184 Å². The molecule has 15 rings (SSSR count). The summed E-state index contributed by atoms with van der Waals surface area (Å²) < 4.78 is 58.4. The minimum atomic E-state index is -0.746. The zero-order valence-corrected chi connectivity index (χ0v) is 67.1. The third-order valence-corrected chi connectivity index (χ3v) is 23.0. The van der Waals surface area contributed by atoms with Crippen molar-refractivity contribution >= 4 is 52.4 Å². The highest BCUT2D eigenvalue weighted by atomic mass is 35.5. The van der Waals surface area contributed by atoms with E-state index in [2.05, 4.69) is 69.7 Å². The zero-order valence-electron chi connectivity index (χ0n) is 65.5. The van der Waals surface area contributed by atoms with Crippen molar-refractivity contribution in [3.05, 3.63) is 217 Å². The number of carbonyl (C=O) groups is 3. The van der Waals surface area contributed by atoms with E-state index in [9.17, 15) is 24.8 Å². The van der Waals surface area contributed by atoms with Crippen molar-refractivity contribution in [1.82, 2.24) is 14.9 Å². The standard InChI is InChI=1S/C26H29NO3.C25H30N2O4.C21H25NO4.C18H18Cl2N2O3/c1-28-24-12-11-22(18-26(24)30-23-9-5-6-10-23)25(17-20-13-15-27-16-14-20)29-19-21-7-3-2-4-8-21;1-5-30-22-13-18-19(14-23(22)31-6-2)24(26-21-11-12-27(3)15-20(18)21)16-7-9-17(10-8-16)25(28)29-4;1-25-17-5-4-16(15-12-21(26-18(15)17)8-2-3-9-21)20(13-22)10-6-14(7-11-20)19(23)24;1-18(2)7-6-10-11(4-5-14(24-3)16(10)25-18)17(23)22-15-12(19)8-21-9-13(15)20/h2-4,7-8,11-16,18,23,25H,5-6,9-10,17,19H2,1H3;7-10,13-14,20-21H,5-6,11-12,15H2,1-4H3;4-5,14H,2-3,6-12H2,1H3,(H,23,24);4-5,8-9H,6-7H2,1-3H3,(H,21,22,23)/t;20-,21-;;/m.0../s1. The van der Waals surface area contributed by atoms with Gasteiger partial charge in [0.25, 0.3) is 5.91 Å². The number of hydrogen-bond acceptors (Lipinski definition) is 18. The molecule has 2 N–H and O–H groups in total. The fourth-order valence-electron chi connectivity index (χ4n) is 16.5. The number of benzene rings is 6. The van der Waals surface area contributed by atoms with Crippen LogP contribution in [0.2, 0.25) is 10.0 Å². The Labute approximate surface area is 667 Å². The normalized spacial score (nSPS) is 19.8. The summed E-state index contributed by atoms with van der Waals surface area (Å²) in [4.78, 5) is 51.5. The van der Waals surface area contributed by atoms with E-state index in [1.807, 2.05) is 101 Å². The van der Waals surface area contributed by atoms with Gasteiger partial charge in [0.05, 0.1) is 111 Å². The predicted molar refractivity (Wildman–Crippen MR) is 432 cm³/mol. The van der Waals surface area contributed by atoms with E-state index in [4.69, 9.17) is 75.6 Å². The third-order valence-electron chi connectivity index (χ3n) is 22.5. The highest BCUT2D eigenvalue weighted by Crippen LogP contribution is 2.54. The molecule has 3 atom stereocenters. The molecular formula is C90H102Cl2N6O14. The molecule has 4 fully saturated rings. The van der Waals surface area contributed by atoms with Crippen LogP contribution in [0.1, 0.15) is 200 Å². The van der Waals surface area contributed by atoms with Gasteiger partial charge in [-0.1, -0.05) is 77.8 Å². The van der Waals surface area contributed by atoms with Crippen LogP contribution in [-0.4, -0.2) is 129 Å². The average molecular weight is 1560 g/mol. The fourth-order valence-corrected chi connectivity index (χ4v) is 16.9. The molecule has 0 bridgehead atoms. The summed E-state index contributed by atoms with van der Waals surface area (Å²) in [5, 5.41) is 22.7. The van der Waals surface area contributed by atoms with Crippen LogP contribution in [0.15, 0.2) is 151 Å². The summed E-state index contributed by atoms with van der Waals surface area (Å²) in [5.41, 5.74) is 11.0. The molecule has 22 heteroatoms. The molecule has 8 aromatic rings. The van der Waals surface area contributed by atoms with Gasteiger partial charge in [-0.3, -0.25) is 24.5 Å². The molecule has 1 spiro atoms. The van der Waals surface area contributed by atoms with Crippen molar-refractivity contribution in [1.29, 1.82) is 5.26 Å². The number of hydrogen-bond donors (Lipinski definition) is 2. The quantitative estimate of drug-likeness (QED) is 0.0635. The number of amides is 1. The van der Waals surface area contributed by atoms with Crippen molar-refractivity contribution in [2.24, 2.45) is 10.9 Å². The number of aliphatic imine (C=N–C) groups is 1. The number of methoxy groups -OCH3 is 4. The lowest BCUT2D eigenvalue weighted by atomic mass is 9.66. The maximum atomic E-state index is 12.8. The van der Waals surface area contributed by atoms with Gasteiger partial charge in [-0.05, 0) is 232 Å². The van der Waals surface area contributed by atoms with Crippen molar-refractivity contribution in [2.75, 3.05) is 67.1 Å². The zero-order chi connectivity index (χ0) is 79.1. The SMILES string of the molecule is CCOc1cc2c(cc1OCC)[C@@H]1CN(C)CC[C@@H]1N=C2c1ccc(C(=O)OC)cc1.COc1ccc(C(=O)Nc2c(Cl)cncc2Cl)c2c1OC(C)(C)CC2.COc1ccc(C(Cc2ccncc2)OCc2ccccc2)cc1OC1CCCC1.COc1ccc(C2(C#N)CCC(C(=O)O)CC2)c2c1OC1(CCCC1)C2. The molecule has 20 nitrogen and oxygen atoms in total. The number of nitriles is 1. The molecule has 6 aromatic carbocycles. The second kappa shape index (κ2) is 37.2. The molecule has 3 saturated carbocycles. The Bertz CT molecular complexity index is 4650. The van der Waals surface area contributed by atoms with Crippen molar-refractivity contribution in [3.8, 4) is 52.1 Å². The number of likely N-dealkylation sites (tertiary alicyclic amines) is 1. The number of nitrogens with one attached hydrogen (secondary N) is 1. The average Bonchev–Trinajstić information content (AvgIpc) is 1.54. The number of ether oxygens (including phenoxy) is 10. The number of rotatable bonds is 21. The Hall–Kier alpha value is -9.91. The van der Waals surface area contributed by atoms with Crippen LogP contribution >= 0.6 is 23.2 Å². The molecule has 112 heavy (non-hydrogen) atoms. The van der Waals surface area contributed by atoms with Crippen LogP contribution in [0.4, 0.5) is 5.69 Å². The molecule has 1 saturated heterocycles. The number of anilines is 1. The van der Waals surface area contributed by atoms with E-state index in [-0.39, 0.29) is 57.3 Å². The first-order chi connectivity index (χ1) is 54.2. The summed E-state index contributed by atoms with van der Waals surface area (Å²) in [5.74, 6) is 4.47. The number of likely N-dealkylation sites (N-methyl/N-ethyl adjacent to an activating group) is 1. The van der Waals surface area contributed by atoms with Crippen LogP contribution in [0.5, 0.6) is 46.0 Å². The molecule has 2 aromatic heterocycles. The first-order valence-corrected chi connectivity index (χ1v) is 39.8. The summed E-state index contributed by atoms with van der Waals surface area (Å²) in [6.45, 7) is 11.7. The van der Waals surface area contributed by atoms with Crippen LogP contribution in [-0.2, 0) is 45.6 Å². The molecule has 1 amide bonds. The molecule has 590 valence electrons. The Kier molecular flexibility index (Phi) is 27.1. The van der Waals surface area contributed by atoms with Crippen LogP contribution < -0.4 is 43.2 Å². The van der Waals surface area contributed by atoms with Gasteiger partial charge in [-0.25, -0.2) is 4.79 Å². The van der Waals surface area contributed by atoms with Crippen LogP contribution in [0.25, 0.3) is 0 Å².